The van der Waals surface area contributed by atoms with E-state index in [1.54, 1.807) is 11.6 Å². The molecule has 0 aliphatic heterocycles. The van der Waals surface area contributed by atoms with Gasteiger partial charge in [0.15, 0.2) is 0 Å². The molecule has 144 valence electrons. The fourth-order valence-corrected chi connectivity index (χ4v) is 3.99. The molecule has 1 aromatic carbocycles. The van der Waals surface area contributed by atoms with E-state index < -0.39 is 0 Å². The van der Waals surface area contributed by atoms with E-state index in [9.17, 15) is 4.79 Å². The SMILES string of the molecule is Cl.Cl.NCc1nc(C(=O)Nc2ccnn2C2CCCc3ccccc32)cs1. The molecule has 1 unspecified atom stereocenters. The van der Waals surface area contributed by atoms with Crippen LogP contribution >= 0.6 is 36.2 Å². The summed E-state index contributed by atoms with van der Waals surface area (Å²) >= 11 is 1.39. The molecule has 4 rings (SSSR count). The van der Waals surface area contributed by atoms with Crippen LogP contribution in [0.1, 0.15) is 45.5 Å². The Balaban J connectivity index is 0.00000131. The first-order valence-corrected chi connectivity index (χ1v) is 9.21. The number of nitrogens with two attached hydrogens (primary N) is 1. The standard InChI is InChI=1S/C18H19N5OS.2ClH/c19-10-17-21-14(11-25-17)18(24)22-16-8-9-20-23(16)15-7-3-5-12-4-1-2-6-13(12)15;;/h1-2,4,6,8-9,11,15H,3,5,7,10,19H2,(H,22,24);2*1H. The van der Waals surface area contributed by atoms with Crippen LogP contribution in [-0.2, 0) is 13.0 Å². The second kappa shape index (κ2) is 9.32. The van der Waals surface area contributed by atoms with Gasteiger partial charge < -0.3 is 11.1 Å². The predicted octanol–water partition coefficient (Wildman–Crippen LogP) is 3.82. The molecule has 2 heterocycles. The first kappa shape index (κ1) is 21.4. The number of hydrogen-bond acceptors (Lipinski definition) is 5. The summed E-state index contributed by atoms with van der Waals surface area (Å²) in [5.74, 6) is 0.454. The first-order chi connectivity index (χ1) is 12.3. The number of anilines is 1. The van der Waals surface area contributed by atoms with Crippen LogP contribution in [0.5, 0.6) is 0 Å². The Morgan fingerprint density at radius 3 is 2.89 bits per heavy atom. The summed E-state index contributed by atoms with van der Waals surface area (Å²) in [6, 6.07) is 10.4. The van der Waals surface area contributed by atoms with Crippen molar-refractivity contribution in [2.24, 2.45) is 5.73 Å². The smallest absolute Gasteiger partial charge is 0.276 e. The highest BCUT2D eigenvalue weighted by molar-refractivity contribution is 7.09. The van der Waals surface area contributed by atoms with Crippen molar-refractivity contribution in [2.45, 2.75) is 31.8 Å². The van der Waals surface area contributed by atoms with E-state index in [0.29, 0.717) is 18.1 Å². The number of fused-ring (bicyclic) bond motifs is 1. The third kappa shape index (κ3) is 4.32. The van der Waals surface area contributed by atoms with Gasteiger partial charge in [0.05, 0.1) is 12.2 Å². The average Bonchev–Trinajstić information content (AvgIpc) is 3.30. The van der Waals surface area contributed by atoms with Crippen LogP contribution < -0.4 is 11.1 Å². The zero-order chi connectivity index (χ0) is 17.2. The maximum absolute atomic E-state index is 12.5. The quantitative estimate of drug-likeness (QED) is 0.664. The highest BCUT2D eigenvalue weighted by Gasteiger charge is 2.24. The molecule has 1 aliphatic carbocycles. The molecule has 0 saturated carbocycles. The summed E-state index contributed by atoms with van der Waals surface area (Å²) in [7, 11) is 0. The molecule has 0 bridgehead atoms. The minimum absolute atomic E-state index is 0. The molecule has 0 saturated heterocycles. The molecular formula is C18H21Cl2N5OS. The molecule has 1 atom stereocenters. The van der Waals surface area contributed by atoms with Crippen LogP contribution in [0.3, 0.4) is 0 Å². The fraction of sp³-hybridized carbons (Fsp3) is 0.278. The number of hydrogen-bond donors (Lipinski definition) is 2. The normalized spacial score (nSPS) is 15.2. The highest BCUT2D eigenvalue weighted by atomic mass is 35.5. The lowest BCUT2D eigenvalue weighted by Gasteiger charge is -2.27. The molecule has 1 amide bonds. The third-order valence-corrected chi connectivity index (χ3v) is 5.38. The summed E-state index contributed by atoms with van der Waals surface area (Å²) in [5, 5.41) is 9.89. The lowest BCUT2D eigenvalue weighted by Crippen LogP contribution is -2.22. The van der Waals surface area contributed by atoms with Gasteiger partial charge in [-0.3, -0.25) is 4.79 Å². The Morgan fingerprint density at radius 2 is 2.11 bits per heavy atom. The molecular weight excluding hydrogens is 405 g/mol. The van der Waals surface area contributed by atoms with E-state index in [2.05, 4.69) is 39.7 Å². The highest BCUT2D eigenvalue weighted by Crippen LogP contribution is 2.34. The number of aryl methyl sites for hydroxylation is 1. The molecule has 9 heteroatoms. The number of carbonyl (C=O) groups excluding carboxylic acids is 1. The molecule has 3 aromatic rings. The number of thiazole rings is 1. The van der Waals surface area contributed by atoms with Gasteiger partial charge in [-0.25, -0.2) is 9.67 Å². The van der Waals surface area contributed by atoms with E-state index in [4.69, 9.17) is 5.73 Å². The summed E-state index contributed by atoms with van der Waals surface area (Å²) in [5.41, 5.74) is 8.60. The Morgan fingerprint density at radius 1 is 1.30 bits per heavy atom. The van der Waals surface area contributed by atoms with Gasteiger partial charge in [0, 0.05) is 18.0 Å². The Bertz CT molecular complexity index is 911. The zero-order valence-corrected chi connectivity index (χ0v) is 16.9. The Hall–Kier alpha value is -1.93. The van der Waals surface area contributed by atoms with Gasteiger partial charge in [-0.1, -0.05) is 24.3 Å². The van der Waals surface area contributed by atoms with Gasteiger partial charge in [-0.05, 0) is 30.4 Å². The van der Waals surface area contributed by atoms with Gasteiger partial charge in [-0.2, -0.15) is 5.10 Å². The molecule has 27 heavy (non-hydrogen) atoms. The van der Waals surface area contributed by atoms with E-state index in [1.165, 1.54) is 22.5 Å². The van der Waals surface area contributed by atoms with Gasteiger partial charge >= 0.3 is 0 Å². The minimum Gasteiger partial charge on any atom is -0.325 e. The van der Waals surface area contributed by atoms with E-state index in [-0.39, 0.29) is 36.8 Å². The average molecular weight is 426 g/mol. The Labute approximate surface area is 174 Å². The van der Waals surface area contributed by atoms with Gasteiger partial charge in [0.25, 0.3) is 5.91 Å². The van der Waals surface area contributed by atoms with Gasteiger partial charge in [-0.15, -0.1) is 36.2 Å². The minimum atomic E-state index is -0.234. The second-order valence-corrected chi connectivity index (χ2v) is 7.00. The van der Waals surface area contributed by atoms with Crippen LogP contribution in [0.15, 0.2) is 41.9 Å². The van der Waals surface area contributed by atoms with Crippen molar-refractivity contribution in [1.29, 1.82) is 0 Å². The molecule has 1 aliphatic rings. The van der Waals surface area contributed by atoms with Crippen molar-refractivity contribution in [3.8, 4) is 0 Å². The number of rotatable bonds is 4. The molecule has 3 N–H and O–H groups in total. The summed E-state index contributed by atoms with van der Waals surface area (Å²) in [4.78, 5) is 16.7. The number of nitrogens with one attached hydrogen (secondary N) is 1. The molecule has 6 nitrogen and oxygen atoms in total. The maximum atomic E-state index is 12.5. The third-order valence-electron chi connectivity index (χ3n) is 4.50. The van der Waals surface area contributed by atoms with Crippen LogP contribution in [0.4, 0.5) is 5.82 Å². The largest absolute Gasteiger partial charge is 0.325 e. The van der Waals surface area contributed by atoms with E-state index >= 15 is 0 Å². The van der Waals surface area contributed by atoms with Crippen LogP contribution in [0.2, 0.25) is 0 Å². The molecule has 0 radical (unpaired) electrons. The number of halogens is 2. The van der Waals surface area contributed by atoms with E-state index in [1.807, 2.05) is 10.7 Å². The molecule has 0 fully saturated rings. The number of aromatic nitrogens is 3. The van der Waals surface area contributed by atoms with E-state index in [0.717, 1.165) is 24.3 Å². The van der Waals surface area contributed by atoms with Gasteiger partial charge in [0.2, 0.25) is 0 Å². The van der Waals surface area contributed by atoms with Crippen LogP contribution in [0.25, 0.3) is 0 Å². The van der Waals surface area contributed by atoms with Crippen molar-refractivity contribution in [1.82, 2.24) is 14.8 Å². The second-order valence-electron chi connectivity index (χ2n) is 6.05. The van der Waals surface area contributed by atoms with Crippen molar-refractivity contribution >= 4 is 47.9 Å². The van der Waals surface area contributed by atoms with Crippen molar-refractivity contribution in [2.75, 3.05) is 5.32 Å². The molecule has 0 spiro atoms. The lowest BCUT2D eigenvalue weighted by atomic mass is 9.88. The summed E-state index contributed by atoms with van der Waals surface area (Å²) < 4.78 is 1.91. The first-order valence-electron chi connectivity index (χ1n) is 8.33. The zero-order valence-electron chi connectivity index (χ0n) is 14.5. The number of carbonyl (C=O) groups is 1. The number of amides is 1. The van der Waals surface area contributed by atoms with Crippen LogP contribution in [-0.4, -0.2) is 20.7 Å². The predicted molar refractivity (Wildman–Crippen MR) is 112 cm³/mol. The number of nitrogens with zero attached hydrogens (tertiary/aromatic N) is 3. The van der Waals surface area contributed by atoms with Crippen molar-refractivity contribution in [3.05, 3.63) is 63.7 Å². The summed E-state index contributed by atoms with van der Waals surface area (Å²) in [6.45, 7) is 0.342. The maximum Gasteiger partial charge on any atom is 0.276 e. The lowest BCUT2D eigenvalue weighted by molar-refractivity contribution is 0.102. The van der Waals surface area contributed by atoms with Crippen LogP contribution in [0, 0.1) is 0 Å². The number of benzene rings is 1. The van der Waals surface area contributed by atoms with Gasteiger partial charge in [0.1, 0.15) is 16.5 Å². The van der Waals surface area contributed by atoms with Crippen molar-refractivity contribution < 1.29 is 4.79 Å². The topological polar surface area (TPSA) is 85.8 Å². The summed E-state index contributed by atoms with van der Waals surface area (Å²) in [6.07, 6.45) is 4.94. The Kier molecular flexibility index (Phi) is 7.38. The molecule has 2 aromatic heterocycles. The fourth-order valence-electron chi connectivity index (χ4n) is 3.33. The van der Waals surface area contributed by atoms with Crippen molar-refractivity contribution in [3.63, 3.8) is 0 Å². The monoisotopic (exact) mass is 425 g/mol.